The summed E-state index contributed by atoms with van der Waals surface area (Å²) in [7, 11) is 0. The average Bonchev–Trinajstić information content (AvgIpc) is 2.74. The van der Waals surface area contributed by atoms with E-state index in [9.17, 15) is 19.7 Å². The van der Waals surface area contributed by atoms with Crippen molar-refractivity contribution in [2.24, 2.45) is 0 Å². The van der Waals surface area contributed by atoms with Crippen molar-refractivity contribution in [3.63, 3.8) is 0 Å². The zero-order valence-electron chi connectivity index (χ0n) is 16.0. The second kappa shape index (κ2) is 8.48. The summed E-state index contributed by atoms with van der Waals surface area (Å²) >= 11 is 0. The Morgan fingerprint density at radius 1 is 0.862 bits per heavy atom. The molecule has 0 radical (unpaired) electrons. The summed E-state index contributed by atoms with van der Waals surface area (Å²) in [6.45, 7) is 3.86. The maximum atomic E-state index is 13.2. The zero-order chi connectivity index (χ0) is 21.0. The standard InChI is InChI=1S/C23H19NO5/c1-15-8-9-19(14-16(15)2)21(25)22(17-6-4-3-5-7-17)29-23(26)18-10-12-20(13-11-18)24(27)28/h3-14,22H,1-2H3/t22-/m1/s1. The van der Waals surface area contributed by atoms with Crippen LogP contribution in [0, 0.1) is 24.0 Å². The largest absolute Gasteiger partial charge is 0.445 e. The Balaban J connectivity index is 1.91. The smallest absolute Gasteiger partial charge is 0.339 e. The molecule has 0 fully saturated rings. The summed E-state index contributed by atoms with van der Waals surface area (Å²) in [5.41, 5.74) is 3.01. The van der Waals surface area contributed by atoms with Gasteiger partial charge < -0.3 is 4.74 Å². The first-order chi connectivity index (χ1) is 13.9. The Morgan fingerprint density at radius 2 is 1.48 bits per heavy atom. The first-order valence-corrected chi connectivity index (χ1v) is 8.98. The molecule has 0 saturated carbocycles. The van der Waals surface area contributed by atoms with Crippen LogP contribution in [-0.2, 0) is 4.74 Å². The molecule has 3 rings (SSSR count). The summed E-state index contributed by atoms with van der Waals surface area (Å²) in [5, 5.41) is 10.8. The molecule has 0 saturated heterocycles. The average molecular weight is 389 g/mol. The number of hydrogen-bond acceptors (Lipinski definition) is 5. The quantitative estimate of drug-likeness (QED) is 0.256. The number of nitro groups is 1. The van der Waals surface area contributed by atoms with E-state index in [2.05, 4.69) is 0 Å². The lowest BCUT2D eigenvalue weighted by atomic mass is 9.97. The van der Waals surface area contributed by atoms with Crippen LogP contribution in [-0.4, -0.2) is 16.7 Å². The Morgan fingerprint density at radius 3 is 2.07 bits per heavy atom. The zero-order valence-corrected chi connectivity index (χ0v) is 16.0. The predicted octanol–water partition coefficient (Wildman–Crippen LogP) is 4.99. The van der Waals surface area contributed by atoms with Crippen molar-refractivity contribution in [2.75, 3.05) is 0 Å². The second-order valence-electron chi connectivity index (χ2n) is 6.66. The number of hydrogen-bond donors (Lipinski definition) is 0. The van der Waals surface area contributed by atoms with Crippen molar-refractivity contribution >= 4 is 17.4 Å². The maximum absolute atomic E-state index is 13.2. The van der Waals surface area contributed by atoms with E-state index in [1.54, 1.807) is 42.5 Å². The SMILES string of the molecule is Cc1ccc(C(=O)[C@H](OC(=O)c2ccc([N+](=O)[O-])cc2)c2ccccc2)cc1C. The van der Waals surface area contributed by atoms with Gasteiger partial charge in [0, 0.05) is 23.3 Å². The van der Waals surface area contributed by atoms with Crippen molar-refractivity contribution in [1.82, 2.24) is 0 Å². The normalized spacial score (nSPS) is 11.5. The molecule has 0 unspecified atom stereocenters. The van der Waals surface area contributed by atoms with Crippen molar-refractivity contribution in [3.8, 4) is 0 Å². The summed E-state index contributed by atoms with van der Waals surface area (Å²) < 4.78 is 5.55. The predicted molar refractivity (Wildman–Crippen MR) is 108 cm³/mol. The van der Waals surface area contributed by atoms with Gasteiger partial charge in [-0.15, -0.1) is 0 Å². The summed E-state index contributed by atoms with van der Waals surface area (Å²) in [4.78, 5) is 36.0. The molecule has 0 aliphatic rings. The number of nitrogens with zero attached hydrogens (tertiary/aromatic N) is 1. The van der Waals surface area contributed by atoms with Crippen LogP contribution in [0.1, 0.15) is 43.5 Å². The van der Waals surface area contributed by atoms with Crippen LogP contribution >= 0.6 is 0 Å². The lowest BCUT2D eigenvalue weighted by Gasteiger charge is -2.18. The molecule has 3 aromatic carbocycles. The fourth-order valence-electron chi connectivity index (χ4n) is 2.84. The number of non-ortho nitro benzene ring substituents is 1. The van der Waals surface area contributed by atoms with Gasteiger partial charge in [-0.05, 0) is 43.2 Å². The molecular formula is C23H19NO5. The lowest BCUT2D eigenvalue weighted by Crippen LogP contribution is -2.20. The lowest BCUT2D eigenvalue weighted by molar-refractivity contribution is -0.384. The number of benzene rings is 3. The van der Waals surface area contributed by atoms with Crippen LogP contribution in [0.4, 0.5) is 5.69 Å². The fourth-order valence-corrected chi connectivity index (χ4v) is 2.84. The molecule has 146 valence electrons. The van der Waals surface area contributed by atoms with Crippen LogP contribution in [0.5, 0.6) is 0 Å². The first kappa shape index (κ1) is 19.9. The summed E-state index contributed by atoms with van der Waals surface area (Å²) in [5.74, 6) is -1.07. The van der Waals surface area contributed by atoms with E-state index in [1.165, 1.54) is 24.3 Å². The van der Waals surface area contributed by atoms with E-state index in [0.717, 1.165) is 11.1 Å². The monoisotopic (exact) mass is 389 g/mol. The molecule has 0 spiro atoms. The van der Waals surface area contributed by atoms with Crippen LogP contribution in [0.15, 0.2) is 72.8 Å². The highest BCUT2D eigenvalue weighted by Crippen LogP contribution is 2.25. The van der Waals surface area contributed by atoms with Gasteiger partial charge in [0.25, 0.3) is 5.69 Å². The number of Topliss-reactive ketones (excluding diaryl/α,β-unsaturated/α-hetero) is 1. The van der Waals surface area contributed by atoms with E-state index in [0.29, 0.717) is 11.1 Å². The number of aryl methyl sites for hydroxylation is 2. The summed E-state index contributed by atoms with van der Waals surface area (Å²) in [6, 6.07) is 19.1. The van der Waals surface area contributed by atoms with Gasteiger partial charge in [-0.3, -0.25) is 14.9 Å². The van der Waals surface area contributed by atoms with Crippen LogP contribution in [0.2, 0.25) is 0 Å². The molecular weight excluding hydrogens is 370 g/mol. The van der Waals surface area contributed by atoms with Gasteiger partial charge in [-0.2, -0.15) is 0 Å². The van der Waals surface area contributed by atoms with Gasteiger partial charge in [-0.1, -0.05) is 42.5 Å². The number of ether oxygens (including phenoxy) is 1. The maximum Gasteiger partial charge on any atom is 0.339 e. The summed E-state index contributed by atoms with van der Waals surface area (Å²) in [6.07, 6.45) is -1.12. The minimum Gasteiger partial charge on any atom is -0.445 e. The van der Waals surface area contributed by atoms with E-state index in [1.807, 2.05) is 19.9 Å². The van der Waals surface area contributed by atoms with E-state index >= 15 is 0 Å². The molecule has 1 atom stereocenters. The topological polar surface area (TPSA) is 86.5 Å². The molecule has 6 heteroatoms. The highest BCUT2D eigenvalue weighted by Gasteiger charge is 2.27. The van der Waals surface area contributed by atoms with E-state index in [-0.39, 0.29) is 17.0 Å². The molecule has 0 bridgehead atoms. The number of nitro benzene ring substituents is 1. The fraction of sp³-hybridized carbons (Fsp3) is 0.130. The molecule has 6 nitrogen and oxygen atoms in total. The van der Waals surface area contributed by atoms with Crippen LogP contribution < -0.4 is 0 Å². The van der Waals surface area contributed by atoms with Crippen molar-refractivity contribution in [2.45, 2.75) is 20.0 Å². The number of carbonyl (C=O) groups excluding carboxylic acids is 2. The minimum atomic E-state index is -1.12. The van der Waals surface area contributed by atoms with Crippen molar-refractivity contribution in [3.05, 3.63) is 111 Å². The van der Waals surface area contributed by atoms with Gasteiger partial charge in [0.05, 0.1) is 10.5 Å². The molecule has 0 N–H and O–H groups in total. The van der Waals surface area contributed by atoms with Gasteiger partial charge in [-0.25, -0.2) is 4.79 Å². The Hall–Kier alpha value is -3.80. The molecule has 0 aliphatic heterocycles. The van der Waals surface area contributed by atoms with Gasteiger partial charge in [0.2, 0.25) is 5.78 Å². The van der Waals surface area contributed by atoms with Crippen molar-refractivity contribution < 1.29 is 19.2 Å². The Bertz CT molecular complexity index is 1060. The highest BCUT2D eigenvalue weighted by molar-refractivity contribution is 6.02. The van der Waals surface area contributed by atoms with Crippen LogP contribution in [0.25, 0.3) is 0 Å². The third-order valence-corrected chi connectivity index (χ3v) is 4.67. The number of ketones is 1. The minimum absolute atomic E-state index is 0.129. The molecule has 0 heterocycles. The van der Waals surface area contributed by atoms with Crippen molar-refractivity contribution in [1.29, 1.82) is 0 Å². The molecule has 0 amide bonds. The Labute approximate surface area is 167 Å². The molecule has 0 aliphatic carbocycles. The van der Waals surface area contributed by atoms with E-state index < -0.39 is 17.0 Å². The second-order valence-corrected chi connectivity index (χ2v) is 6.66. The third-order valence-electron chi connectivity index (χ3n) is 4.67. The molecule has 0 aromatic heterocycles. The molecule has 3 aromatic rings. The van der Waals surface area contributed by atoms with E-state index in [4.69, 9.17) is 4.74 Å². The number of esters is 1. The highest BCUT2D eigenvalue weighted by atomic mass is 16.6. The van der Waals surface area contributed by atoms with Gasteiger partial charge in [0.1, 0.15) is 0 Å². The van der Waals surface area contributed by atoms with Gasteiger partial charge in [0.15, 0.2) is 6.10 Å². The first-order valence-electron chi connectivity index (χ1n) is 8.98. The number of rotatable bonds is 6. The third kappa shape index (κ3) is 4.55. The molecule has 29 heavy (non-hydrogen) atoms. The Kier molecular flexibility index (Phi) is 5.83. The number of carbonyl (C=O) groups is 2. The van der Waals surface area contributed by atoms with Gasteiger partial charge >= 0.3 is 5.97 Å². The van der Waals surface area contributed by atoms with Crippen LogP contribution in [0.3, 0.4) is 0 Å².